The number of carbonyl (C=O) groups excluding carboxylic acids is 1. The maximum absolute atomic E-state index is 12.2. The molecular weight excluding hydrogens is 254 g/mol. The van der Waals surface area contributed by atoms with Gasteiger partial charge in [-0.25, -0.2) is 4.79 Å². The fourth-order valence-electron chi connectivity index (χ4n) is 3.65. The van der Waals surface area contributed by atoms with Crippen molar-refractivity contribution in [1.82, 2.24) is 4.90 Å². The minimum absolute atomic E-state index is 0.0490. The number of amides is 1. The number of likely N-dealkylation sites (tertiary alicyclic amines) is 1. The van der Waals surface area contributed by atoms with Crippen LogP contribution in [0.5, 0.6) is 0 Å². The van der Waals surface area contributed by atoms with Crippen molar-refractivity contribution in [2.45, 2.75) is 76.7 Å². The molecule has 0 spiro atoms. The Kier molecular flexibility index (Phi) is 5.86. The van der Waals surface area contributed by atoms with Crippen LogP contribution in [0.1, 0.15) is 70.6 Å². The second-order valence-corrected chi connectivity index (χ2v) is 6.33. The normalized spacial score (nSPS) is 24.6. The molecule has 0 aromatic heterocycles. The third-order valence-corrected chi connectivity index (χ3v) is 4.84. The molecule has 2 fully saturated rings. The molecule has 0 aromatic carbocycles. The molecule has 114 valence electrons. The minimum atomic E-state index is -0.842. The Hall–Kier alpha value is -1.06. The van der Waals surface area contributed by atoms with Crippen molar-refractivity contribution in [3.05, 3.63) is 0 Å². The molecule has 1 aliphatic heterocycles. The summed E-state index contributed by atoms with van der Waals surface area (Å²) in [5.74, 6) is 0.00594. The lowest BCUT2D eigenvalue weighted by atomic mass is 9.86. The first-order valence-electron chi connectivity index (χ1n) is 8.21. The molecule has 0 unspecified atom stereocenters. The van der Waals surface area contributed by atoms with Gasteiger partial charge in [0.15, 0.2) is 0 Å². The Labute approximate surface area is 121 Å². The van der Waals surface area contributed by atoms with Crippen molar-refractivity contribution in [2.75, 3.05) is 6.54 Å². The number of carbonyl (C=O) groups is 2. The summed E-state index contributed by atoms with van der Waals surface area (Å²) in [6.07, 6.45) is 11.7. The Balaban J connectivity index is 1.73. The summed E-state index contributed by atoms with van der Waals surface area (Å²) in [7, 11) is 0. The molecule has 1 heterocycles. The molecule has 1 amide bonds. The smallest absolute Gasteiger partial charge is 0.326 e. The van der Waals surface area contributed by atoms with E-state index in [0.29, 0.717) is 19.4 Å². The number of carboxylic acids is 1. The van der Waals surface area contributed by atoms with Gasteiger partial charge >= 0.3 is 5.97 Å². The maximum Gasteiger partial charge on any atom is 0.326 e. The second-order valence-electron chi connectivity index (χ2n) is 6.33. The van der Waals surface area contributed by atoms with Crippen LogP contribution in [-0.4, -0.2) is 34.5 Å². The van der Waals surface area contributed by atoms with E-state index in [1.54, 1.807) is 4.90 Å². The molecule has 2 rings (SSSR count). The quantitative estimate of drug-likeness (QED) is 0.842. The topological polar surface area (TPSA) is 57.6 Å². The van der Waals surface area contributed by atoms with Crippen molar-refractivity contribution in [2.24, 2.45) is 5.92 Å². The first kappa shape index (κ1) is 15.3. The first-order chi connectivity index (χ1) is 9.68. The van der Waals surface area contributed by atoms with Crippen molar-refractivity contribution < 1.29 is 14.7 Å². The molecule has 20 heavy (non-hydrogen) atoms. The summed E-state index contributed by atoms with van der Waals surface area (Å²) in [5.41, 5.74) is 0. The summed E-state index contributed by atoms with van der Waals surface area (Å²) < 4.78 is 0. The zero-order chi connectivity index (χ0) is 14.4. The highest BCUT2D eigenvalue weighted by atomic mass is 16.4. The Bertz CT molecular complexity index is 337. The average molecular weight is 281 g/mol. The summed E-state index contributed by atoms with van der Waals surface area (Å²) in [6, 6.07) is -0.578. The largest absolute Gasteiger partial charge is 0.480 e. The predicted molar refractivity (Wildman–Crippen MR) is 77.4 cm³/mol. The lowest BCUT2D eigenvalue weighted by molar-refractivity contribution is -0.152. The van der Waals surface area contributed by atoms with Gasteiger partial charge in [0.25, 0.3) is 0 Å². The number of aliphatic carboxylic acids is 1. The van der Waals surface area contributed by atoms with Gasteiger partial charge in [-0.3, -0.25) is 4.79 Å². The fourth-order valence-corrected chi connectivity index (χ4v) is 3.65. The number of rotatable bonds is 5. The van der Waals surface area contributed by atoms with E-state index >= 15 is 0 Å². The molecule has 1 N–H and O–H groups in total. The van der Waals surface area contributed by atoms with Crippen molar-refractivity contribution in [3.63, 3.8) is 0 Å². The van der Waals surface area contributed by atoms with Gasteiger partial charge in [0.1, 0.15) is 6.04 Å². The summed E-state index contributed by atoms with van der Waals surface area (Å²) in [6.45, 7) is 0.624. The van der Waals surface area contributed by atoms with Gasteiger partial charge < -0.3 is 10.0 Å². The molecule has 1 atom stereocenters. The van der Waals surface area contributed by atoms with E-state index in [2.05, 4.69) is 0 Å². The highest BCUT2D eigenvalue weighted by Crippen LogP contribution is 2.28. The Morgan fingerprint density at radius 2 is 1.70 bits per heavy atom. The van der Waals surface area contributed by atoms with E-state index in [0.717, 1.165) is 31.6 Å². The van der Waals surface area contributed by atoms with Crippen LogP contribution < -0.4 is 0 Å². The third-order valence-electron chi connectivity index (χ3n) is 4.84. The Morgan fingerprint density at radius 3 is 2.40 bits per heavy atom. The van der Waals surface area contributed by atoms with Gasteiger partial charge in [-0.05, 0) is 38.0 Å². The summed E-state index contributed by atoms with van der Waals surface area (Å²) in [5, 5.41) is 9.19. The van der Waals surface area contributed by atoms with Crippen LogP contribution in [-0.2, 0) is 9.59 Å². The molecule has 0 bridgehead atoms. The number of hydrogen-bond donors (Lipinski definition) is 1. The summed E-state index contributed by atoms with van der Waals surface area (Å²) >= 11 is 0. The third kappa shape index (κ3) is 4.22. The molecule has 0 aromatic rings. The van der Waals surface area contributed by atoms with Crippen LogP contribution in [0.2, 0.25) is 0 Å². The predicted octanol–water partition coefficient (Wildman–Crippen LogP) is 3.20. The number of piperidine rings is 1. The Morgan fingerprint density at radius 1 is 1.00 bits per heavy atom. The second kappa shape index (κ2) is 7.65. The highest BCUT2D eigenvalue weighted by molar-refractivity contribution is 5.83. The van der Waals surface area contributed by atoms with Gasteiger partial charge in [-0.15, -0.1) is 0 Å². The van der Waals surface area contributed by atoms with Crippen molar-refractivity contribution in [1.29, 1.82) is 0 Å². The summed E-state index contributed by atoms with van der Waals surface area (Å²) in [4.78, 5) is 25.0. The van der Waals surface area contributed by atoms with Crippen LogP contribution in [0.3, 0.4) is 0 Å². The number of nitrogens with zero attached hydrogens (tertiary/aromatic N) is 1. The molecule has 4 nitrogen and oxygen atoms in total. The molecular formula is C16H27NO3. The molecule has 4 heteroatoms. The van der Waals surface area contributed by atoms with Gasteiger partial charge in [0.2, 0.25) is 5.91 Å². The minimum Gasteiger partial charge on any atom is -0.480 e. The highest BCUT2D eigenvalue weighted by Gasteiger charge is 2.31. The van der Waals surface area contributed by atoms with Gasteiger partial charge in [0.05, 0.1) is 0 Å². The zero-order valence-corrected chi connectivity index (χ0v) is 12.4. The van der Waals surface area contributed by atoms with E-state index < -0.39 is 12.0 Å². The van der Waals surface area contributed by atoms with E-state index in [4.69, 9.17) is 0 Å². The lowest BCUT2D eigenvalue weighted by Crippen LogP contribution is -2.47. The van der Waals surface area contributed by atoms with Gasteiger partial charge in [-0.1, -0.05) is 32.1 Å². The SMILES string of the molecule is O=C(O)[C@@H]1CCCCN1C(=O)CCCC1CCCCC1. The molecule has 0 radical (unpaired) electrons. The monoisotopic (exact) mass is 281 g/mol. The van der Waals surface area contributed by atoms with Crippen molar-refractivity contribution in [3.8, 4) is 0 Å². The van der Waals surface area contributed by atoms with Crippen LogP contribution >= 0.6 is 0 Å². The van der Waals surface area contributed by atoms with Crippen LogP contribution in [0, 0.1) is 5.92 Å². The molecule has 1 saturated heterocycles. The molecule has 1 aliphatic carbocycles. The average Bonchev–Trinajstić information content (AvgIpc) is 2.48. The van der Waals surface area contributed by atoms with Crippen LogP contribution in [0.25, 0.3) is 0 Å². The first-order valence-corrected chi connectivity index (χ1v) is 8.21. The van der Waals surface area contributed by atoms with E-state index in [-0.39, 0.29) is 5.91 Å². The zero-order valence-electron chi connectivity index (χ0n) is 12.4. The number of hydrogen-bond acceptors (Lipinski definition) is 2. The van der Waals surface area contributed by atoms with Gasteiger partial charge in [-0.2, -0.15) is 0 Å². The number of carboxylic acid groups (broad SMARTS) is 1. The van der Waals surface area contributed by atoms with E-state index in [1.807, 2.05) is 0 Å². The molecule has 2 aliphatic rings. The van der Waals surface area contributed by atoms with E-state index in [1.165, 1.54) is 32.1 Å². The fraction of sp³-hybridized carbons (Fsp3) is 0.875. The van der Waals surface area contributed by atoms with Gasteiger partial charge in [0, 0.05) is 13.0 Å². The molecule has 1 saturated carbocycles. The van der Waals surface area contributed by atoms with Crippen LogP contribution in [0.15, 0.2) is 0 Å². The standard InChI is InChI=1S/C16H27NO3/c18-15(11-6-9-13-7-2-1-3-8-13)17-12-5-4-10-14(17)16(19)20/h13-14H,1-12H2,(H,19,20)/t14-/m0/s1. The lowest BCUT2D eigenvalue weighted by Gasteiger charge is -2.33. The van der Waals surface area contributed by atoms with E-state index in [9.17, 15) is 14.7 Å². The van der Waals surface area contributed by atoms with Crippen LogP contribution in [0.4, 0.5) is 0 Å². The maximum atomic E-state index is 12.2. The van der Waals surface area contributed by atoms with Crippen molar-refractivity contribution >= 4 is 11.9 Å².